The normalized spacial score (nSPS) is 20.5. The lowest BCUT2D eigenvalue weighted by Gasteiger charge is -2.20. The maximum absolute atomic E-state index is 5.89. The van der Waals surface area contributed by atoms with Gasteiger partial charge in [-0.25, -0.2) is 9.97 Å². The van der Waals surface area contributed by atoms with Crippen molar-refractivity contribution in [3.63, 3.8) is 0 Å². The van der Waals surface area contributed by atoms with Crippen molar-refractivity contribution in [1.29, 1.82) is 0 Å². The summed E-state index contributed by atoms with van der Waals surface area (Å²) in [5.74, 6) is 4.73. The highest BCUT2D eigenvalue weighted by molar-refractivity contribution is 9.10. The van der Waals surface area contributed by atoms with Gasteiger partial charge in [-0.3, -0.25) is 0 Å². The molecule has 0 amide bonds. The quantitative estimate of drug-likeness (QED) is 0.915. The number of ether oxygens (including phenoxy) is 1. The first-order chi connectivity index (χ1) is 8.22. The summed E-state index contributed by atoms with van der Waals surface area (Å²) in [4.78, 5) is 8.92. The molecule has 0 radical (unpaired) electrons. The van der Waals surface area contributed by atoms with E-state index in [4.69, 9.17) is 10.5 Å². The lowest BCUT2D eigenvalue weighted by atomic mass is 10.3. The number of thioether (sulfide) groups is 2. The zero-order chi connectivity index (χ0) is 12.3. The monoisotopic (exact) mass is 335 g/mol. The van der Waals surface area contributed by atoms with Gasteiger partial charge in [0.1, 0.15) is 11.6 Å². The van der Waals surface area contributed by atoms with Crippen molar-refractivity contribution in [3.05, 3.63) is 16.0 Å². The van der Waals surface area contributed by atoms with E-state index in [1.54, 1.807) is 7.11 Å². The van der Waals surface area contributed by atoms with E-state index in [0.717, 1.165) is 27.5 Å². The molecule has 1 aliphatic heterocycles. The van der Waals surface area contributed by atoms with E-state index >= 15 is 0 Å². The molecule has 17 heavy (non-hydrogen) atoms. The molecule has 0 bridgehead atoms. The van der Waals surface area contributed by atoms with Gasteiger partial charge in [-0.15, -0.1) is 11.8 Å². The molecule has 1 aromatic heterocycles. The van der Waals surface area contributed by atoms with Crippen molar-refractivity contribution in [2.45, 2.75) is 11.9 Å². The van der Waals surface area contributed by atoms with Crippen molar-refractivity contribution in [2.75, 3.05) is 30.1 Å². The van der Waals surface area contributed by atoms with E-state index in [9.17, 15) is 0 Å². The van der Waals surface area contributed by atoms with Crippen LogP contribution in [0.5, 0.6) is 0 Å². The van der Waals surface area contributed by atoms with Gasteiger partial charge < -0.3 is 10.5 Å². The predicted molar refractivity (Wildman–Crippen MR) is 77.4 cm³/mol. The smallest absolute Gasteiger partial charge is 0.144 e. The van der Waals surface area contributed by atoms with Crippen molar-refractivity contribution < 1.29 is 4.74 Å². The van der Waals surface area contributed by atoms with Crippen LogP contribution in [-0.4, -0.2) is 34.3 Å². The van der Waals surface area contributed by atoms with Crippen LogP contribution in [0.4, 0.5) is 5.82 Å². The van der Waals surface area contributed by atoms with Crippen LogP contribution in [0.3, 0.4) is 0 Å². The highest BCUT2D eigenvalue weighted by atomic mass is 79.9. The number of anilines is 1. The fourth-order valence-electron chi connectivity index (χ4n) is 1.55. The molecule has 2 heterocycles. The lowest BCUT2D eigenvalue weighted by molar-refractivity contribution is 0.180. The number of nitrogen functional groups attached to an aromatic ring is 1. The molecule has 1 unspecified atom stereocenters. The molecule has 7 heteroatoms. The van der Waals surface area contributed by atoms with Gasteiger partial charge in [0.05, 0.1) is 22.0 Å². The number of hydrogen-bond acceptors (Lipinski definition) is 6. The fourth-order valence-corrected chi connectivity index (χ4v) is 4.44. The number of nitrogens with zero attached hydrogens (tertiary/aromatic N) is 2. The molecule has 1 fully saturated rings. The molecule has 94 valence electrons. The molecule has 0 aromatic carbocycles. The van der Waals surface area contributed by atoms with Gasteiger partial charge in [0, 0.05) is 24.4 Å². The van der Waals surface area contributed by atoms with Crippen molar-refractivity contribution >= 4 is 45.3 Å². The van der Waals surface area contributed by atoms with Crippen molar-refractivity contribution in [3.8, 4) is 0 Å². The highest BCUT2D eigenvalue weighted by Gasteiger charge is 2.21. The molecule has 1 atom stereocenters. The molecule has 2 N–H and O–H groups in total. The number of hydrogen-bond donors (Lipinski definition) is 1. The summed E-state index contributed by atoms with van der Waals surface area (Å²) < 4.78 is 5.87. The molecule has 1 aromatic rings. The van der Waals surface area contributed by atoms with Gasteiger partial charge in [0.25, 0.3) is 0 Å². The Kier molecular flexibility index (Phi) is 4.96. The number of aromatic nitrogens is 2. The largest absolute Gasteiger partial charge is 0.383 e. The first-order valence-electron chi connectivity index (χ1n) is 5.22. The highest BCUT2D eigenvalue weighted by Crippen LogP contribution is 2.36. The van der Waals surface area contributed by atoms with Crippen LogP contribution in [0, 0.1) is 0 Å². The summed E-state index contributed by atoms with van der Waals surface area (Å²) in [6.07, 6.45) is 0. The van der Waals surface area contributed by atoms with Crippen LogP contribution >= 0.6 is 39.5 Å². The molecular formula is C10H14BrN3OS2. The Bertz CT molecular complexity index is 399. The fraction of sp³-hybridized carbons (Fsp3) is 0.600. The number of halogens is 1. The van der Waals surface area contributed by atoms with Gasteiger partial charge in [0.2, 0.25) is 0 Å². The van der Waals surface area contributed by atoms with E-state index in [-0.39, 0.29) is 0 Å². The predicted octanol–water partition coefficient (Wildman–Crippen LogP) is 2.49. The standard InChI is InChI=1S/C10H14BrN3OS2/c1-15-4-6-8(11)9(12)14-10(13-6)7-5-16-2-3-17-7/h7H,2-5H2,1H3,(H2,12,13,14). The molecule has 1 saturated heterocycles. The van der Waals surface area contributed by atoms with E-state index < -0.39 is 0 Å². The molecule has 0 spiro atoms. The van der Waals surface area contributed by atoms with Crippen molar-refractivity contribution in [2.24, 2.45) is 0 Å². The molecule has 1 aliphatic rings. The third kappa shape index (κ3) is 3.27. The van der Waals surface area contributed by atoms with Crippen LogP contribution in [0.1, 0.15) is 16.8 Å². The first kappa shape index (κ1) is 13.5. The van der Waals surface area contributed by atoms with E-state index in [0.29, 0.717) is 17.7 Å². The van der Waals surface area contributed by atoms with Crippen LogP contribution < -0.4 is 5.73 Å². The van der Waals surface area contributed by atoms with Crippen LogP contribution in [0.15, 0.2) is 4.47 Å². The number of rotatable bonds is 3. The summed E-state index contributed by atoms with van der Waals surface area (Å²) in [5.41, 5.74) is 6.71. The van der Waals surface area contributed by atoms with Gasteiger partial charge in [-0.05, 0) is 15.9 Å². The summed E-state index contributed by atoms with van der Waals surface area (Å²) in [7, 11) is 1.65. The van der Waals surface area contributed by atoms with Gasteiger partial charge in [-0.1, -0.05) is 0 Å². The zero-order valence-electron chi connectivity index (χ0n) is 9.48. The maximum Gasteiger partial charge on any atom is 0.144 e. The van der Waals surface area contributed by atoms with Gasteiger partial charge in [-0.2, -0.15) is 11.8 Å². The summed E-state index contributed by atoms with van der Waals surface area (Å²) >= 11 is 7.24. The minimum absolute atomic E-state index is 0.347. The average Bonchev–Trinajstić information content (AvgIpc) is 2.36. The minimum Gasteiger partial charge on any atom is -0.383 e. The summed E-state index contributed by atoms with van der Waals surface area (Å²) in [6, 6.07) is 0. The maximum atomic E-state index is 5.89. The molecule has 4 nitrogen and oxygen atoms in total. The second kappa shape index (κ2) is 6.26. The molecule has 2 rings (SSSR count). The number of methoxy groups -OCH3 is 1. The minimum atomic E-state index is 0.347. The SMILES string of the molecule is COCc1nc(C2CSCCS2)nc(N)c1Br. The van der Waals surface area contributed by atoms with Crippen LogP contribution in [0.25, 0.3) is 0 Å². The van der Waals surface area contributed by atoms with Gasteiger partial charge in [0.15, 0.2) is 0 Å². The van der Waals surface area contributed by atoms with E-state index in [1.165, 1.54) is 5.75 Å². The van der Waals surface area contributed by atoms with E-state index in [1.807, 2.05) is 23.5 Å². The second-order valence-corrected chi connectivity index (χ2v) is 6.85. The number of nitrogens with two attached hydrogens (primary N) is 1. The molecular weight excluding hydrogens is 322 g/mol. The Morgan fingerprint density at radius 1 is 1.47 bits per heavy atom. The van der Waals surface area contributed by atoms with E-state index in [2.05, 4.69) is 25.9 Å². The third-order valence-corrected chi connectivity index (χ3v) is 5.96. The Morgan fingerprint density at radius 2 is 2.29 bits per heavy atom. The van der Waals surface area contributed by atoms with Crippen LogP contribution in [-0.2, 0) is 11.3 Å². The topological polar surface area (TPSA) is 61.0 Å². The third-order valence-electron chi connectivity index (χ3n) is 2.35. The Hall–Kier alpha value is 0.0200. The Labute approximate surface area is 118 Å². The molecule has 0 aliphatic carbocycles. The Morgan fingerprint density at radius 3 is 2.94 bits per heavy atom. The average molecular weight is 336 g/mol. The Balaban J connectivity index is 2.27. The zero-order valence-corrected chi connectivity index (χ0v) is 12.7. The summed E-state index contributed by atoms with van der Waals surface area (Å²) in [6.45, 7) is 0.449. The van der Waals surface area contributed by atoms with Crippen LogP contribution in [0.2, 0.25) is 0 Å². The lowest BCUT2D eigenvalue weighted by Crippen LogP contribution is -2.13. The second-order valence-electron chi connectivity index (χ2n) is 3.60. The first-order valence-corrected chi connectivity index (χ1v) is 8.22. The van der Waals surface area contributed by atoms with Gasteiger partial charge >= 0.3 is 0 Å². The van der Waals surface area contributed by atoms with Crippen molar-refractivity contribution in [1.82, 2.24) is 9.97 Å². The molecule has 0 saturated carbocycles. The summed E-state index contributed by atoms with van der Waals surface area (Å²) in [5, 5.41) is 0.347.